The van der Waals surface area contributed by atoms with Crippen molar-refractivity contribution in [3.8, 4) is 0 Å². The quantitative estimate of drug-likeness (QED) is 0.333. The van der Waals surface area contributed by atoms with Crippen molar-refractivity contribution in [3.63, 3.8) is 0 Å². The molecule has 0 amide bonds. The molecule has 148 valence electrons. The normalized spacial score (nSPS) is 15.0. The number of hydrogen-bond donors (Lipinski definition) is 2. The number of imidazole rings is 1. The lowest BCUT2D eigenvalue weighted by Crippen LogP contribution is -2.51. The van der Waals surface area contributed by atoms with Crippen molar-refractivity contribution in [2.45, 2.75) is 6.42 Å². The maximum Gasteiger partial charge on any atom is 0.191 e. The Balaban J connectivity index is 0.00000225. The number of para-hydroxylation sites is 2. The van der Waals surface area contributed by atoms with Gasteiger partial charge in [-0.05, 0) is 36.4 Å². The van der Waals surface area contributed by atoms with Crippen molar-refractivity contribution in [1.29, 1.82) is 0 Å². The van der Waals surface area contributed by atoms with Crippen molar-refractivity contribution in [2.75, 3.05) is 37.6 Å². The van der Waals surface area contributed by atoms with Crippen LogP contribution in [0.4, 0.5) is 10.1 Å². The number of aromatic nitrogens is 2. The molecule has 4 rings (SSSR count). The van der Waals surface area contributed by atoms with Gasteiger partial charge in [-0.3, -0.25) is 4.99 Å². The van der Waals surface area contributed by atoms with Crippen molar-refractivity contribution in [1.82, 2.24) is 14.9 Å². The number of guanidine groups is 1. The van der Waals surface area contributed by atoms with Gasteiger partial charge in [0.05, 0.1) is 11.0 Å². The van der Waals surface area contributed by atoms with E-state index >= 15 is 0 Å². The first-order chi connectivity index (χ1) is 13.2. The van der Waals surface area contributed by atoms with E-state index in [4.69, 9.17) is 5.73 Å². The van der Waals surface area contributed by atoms with Gasteiger partial charge in [0.2, 0.25) is 0 Å². The maximum absolute atomic E-state index is 13.1. The minimum absolute atomic E-state index is 0. The van der Waals surface area contributed by atoms with E-state index in [0.29, 0.717) is 12.5 Å². The summed E-state index contributed by atoms with van der Waals surface area (Å²) in [6.07, 6.45) is 0.727. The predicted molar refractivity (Wildman–Crippen MR) is 122 cm³/mol. The van der Waals surface area contributed by atoms with E-state index in [1.807, 2.05) is 36.4 Å². The lowest BCUT2D eigenvalue weighted by molar-refractivity contribution is 0.381. The Hall–Kier alpha value is -2.36. The van der Waals surface area contributed by atoms with Crippen molar-refractivity contribution >= 4 is 46.7 Å². The Morgan fingerprint density at radius 2 is 1.79 bits per heavy atom. The molecule has 3 N–H and O–H groups in total. The molecule has 0 bridgehead atoms. The number of nitrogens with two attached hydrogens (primary N) is 1. The fourth-order valence-corrected chi connectivity index (χ4v) is 3.35. The first kappa shape index (κ1) is 20.4. The molecular formula is C20H24FIN6. The number of nitrogens with one attached hydrogen (secondary N) is 1. The smallest absolute Gasteiger partial charge is 0.191 e. The third-order valence-electron chi connectivity index (χ3n) is 4.86. The number of rotatable bonds is 4. The molecule has 28 heavy (non-hydrogen) atoms. The predicted octanol–water partition coefficient (Wildman–Crippen LogP) is 3.00. The van der Waals surface area contributed by atoms with Crippen LogP contribution in [0.25, 0.3) is 11.0 Å². The standard InChI is InChI=1S/C20H23FN6.HI/c21-15-5-7-16(8-6-15)26-11-13-27(14-12-26)20(22)23-10-9-19-24-17-3-1-2-4-18(17)25-19;/h1-8H,9-14H2,(H2,22,23)(H,24,25);1H. The molecule has 0 aliphatic carbocycles. The summed E-state index contributed by atoms with van der Waals surface area (Å²) in [5.74, 6) is 1.29. The zero-order valence-electron chi connectivity index (χ0n) is 15.5. The molecule has 1 fully saturated rings. The largest absolute Gasteiger partial charge is 0.370 e. The summed E-state index contributed by atoms with van der Waals surface area (Å²) in [4.78, 5) is 16.7. The van der Waals surface area contributed by atoms with Gasteiger partial charge in [-0.15, -0.1) is 24.0 Å². The highest BCUT2D eigenvalue weighted by atomic mass is 127. The molecule has 0 saturated carbocycles. The van der Waals surface area contributed by atoms with E-state index in [-0.39, 0.29) is 29.8 Å². The van der Waals surface area contributed by atoms with E-state index < -0.39 is 0 Å². The van der Waals surface area contributed by atoms with Gasteiger partial charge in [0.1, 0.15) is 11.6 Å². The van der Waals surface area contributed by atoms with E-state index in [0.717, 1.165) is 55.1 Å². The Kier molecular flexibility index (Phi) is 6.71. The van der Waals surface area contributed by atoms with Crippen LogP contribution in [0.3, 0.4) is 0 Å². The van der Waals surface area contributed by atoms with Crippen molar-refractivity contribution in [3.05, 3.63) is 60.2 Å². The van der Waals surface area contributed by atoms with Crippen LogP contribution in [0.5, 0.6) is 0 Å². The second-order valence-corrected chi connectivity index (χ2v) is 6.64. The fourth-order valence-electron chi connectivity index (χ4n) is 3.35. The maximum atomic E-state index is 13.1. The molecule has 6 nitrogen and oxygen atoms in total. The minimum atomic E-state index is -0.210. The highest BCUT2D eigenvalue weighted by molar-refractivity contribution is 14.0. The van der Waals surface area contributed by atoms with Gasteiger partial charge >= 0.3 is 0 Å². The molecule has 2 aromatic carbocycles. The second kappa shape index (κ2) is 9.22. The summed E-state index contributed by atoms with van der Waals surface area (Å²) >= 11 is 0. The fraction of sp³-hybridized carbons (Fsp3) is 0.300. The number of aliphatic imine (C=N–C) groups is 1. The lowest BCUT2D eigenvalue weighted by atomic mass is 10.2. The monoisotopic (exact) mass is 494 g/mol. The van der Waals surface area contributed by atoms with Crippen LogP contribution in [0.15, 0.2) is 53.5 Å². The Bertz CT molecular complexity index is 898. The lowest BCUT2D eigenvalue weighted by Gasteiger charge is -2.36. The van der Waals surface area contributed by atoms with Crippen LogP contribution in [-0.4, -0.2) is 53.6 Å². The first-order valence-electron chi connectivity index (χ1n) is 9.18. The van der Waals surface area contributed by atoms with E-state index in [1.54, 1.807) is 0 Å². The average Bonchev–Trinajstić information content (AvgIpc) is 3.11. The van der Waals surface area contributed by atoms with Gasteiger partial charge in [-0.25, -0.2) is 9.37 Å². The molecule has 0 atom stereocenters. The third-order valence-corrected chi connectivity index (χ3v) is 4.86. The minimum Gasteiger partial charge on any atom is -0.370 e. The topological polar surface area (TPSA) is 73.5 Å². The number of aromatic amines is 1. The van der Waals surface area contributed by atoms with E-state index in [2.05, 4.69) is 24.8 Å². The number of benzene rings is 2. The number of piperazine rings is 1. The summed E-state index contributed by atoms with van der Waals surface area (Å²) in [6.45, 7) is 3.88. The molecule has 0 spiro atoms. The van der Waals surface area contributed by atoms with E-state index in [1.165, 1.54) is 12.1 Å². The number of fused-ring (bicyclic) bond motifs is 1. The molecule has 2 heterocycles. The SMILES string of the molecule is I.NC(=NCCc1nc2ccccc2[nH]1)N1CCN(c2ccc(F)cc2)CC1. The highest BCUT2D eigenvalue weighted by Crippen LogP contribution is 2.17. The number of nitrogens with zero attached hydrogens (tertiary/aromatic N) is 4. The number of halogens is 2. The van der Waals surface area contributed by atoms with Gasteiger partial charge in [0.25, 0.3) is 0 Å². The Labute approximate surface area is 180 Å². The van der Waals surface area contributed by atoms with Crippen molar-refractivity contribution in [2.24, 2.45) is 10.7 Å². The highest BCUT2D eigenvalue weighted by Gasteiger charge is 2.18. The molecule has 0 unspecified atom stereocenters. The summed E-state index contributed by atoms with van der Waals surface area (Å²) < 4.78 is 13.1. The van der Waals surface area contributed by atoms with Gasteiger partial charge in [-0.1, -0.05) is 12.1 Å². The molecule has 3 aromatic rings. The summed E-state index contributed by atoms with van der Waals surface area (Å²) in [5, 5.41) is 0. The van der Waals surface area contributed by atoms with Crippen molar-refractivity contribution < 1.29 is 4.39 Å². The van der Waals surface area contributed by atoms with E-state index in [9.17, 15) is 4.39 Å². The average molecular weight is 494 g/mol. The van der Waals surface area contributed by atoms with Crippen LogP contribution in [0, 0.1) is 5.82 Å². The number of anilines is 1. The molecule has 1 saturated heterocycles. The van der Waals surface area contributed by atoms with Crippen LogP contribution < -0.4 is 10.6 Å². The van der Waals surface area contributed by atoms with Crippen LogP contribution in [0.2, 0.25) is 0 Å². The van der Waals surface area contributed by atoms with Crippen LogP contribution in [0.1, 0.15) is 5.82 Å². The molecular weight excluding hydrogens is 470 g/mol. The Morgan fingerprint density at radius 3 is 2.50 bits per heavy atom. The zero-order chi connectivity index (χ0) is 18.6. The molecule has 1 aliphatic heterocycles. The van der Waals surface area contributed by atoms with Gasteiger partial charge < -0.3 is 20.5 Å². The summed E-state index contributed by atoms with van der Waals surface area (Å²) in [6, 6.07) is 14.6. The van der Waals surface area contributed by atoms with Gasteiger partial charge in [-0.2, -0.15) is 0 Å². The Morgan fingerprint density at radius 1 is 1.07 bits per heavy atom. The molecule has 8 heteroatoms. The van der Waals surface area contributed by atoms with Gasteiger partial charge in [0.15, 0.2) is 5.96 Å². The number of H-pyrrole nitrogens is 1. The zero-order valence-corrected chi connectivity index (χ0v) is 17.8. The molecule has 1 aliphatic rings. The number of hydrogen-bond acceptors (Lipinski definition) is 3. The van der Waals surface area contributed by atoms with Crippen LogP contribution in [-0.2, 0) is 6.42 Å². The summed E-state index contributed by atoms with van der Waals surface area (Å²) in [7, 11) is 0. The second-order valence-electron chi connectivity index (χ2n) is 6.64. The molecule has 0 radical (unpaired) electrons. The summed E-state index contributed by atoms with van der Waals surface area (Å²) in [5.41, 5.74) is 9.22. The van der Waals surface area contributed by atoms with Crippen LogP contribution >= 0.6 is 24.0 Å². The third kappa shape index (κ3) is 4.73. The van der Waals surface area contributed by atoms with Gasteiger partial charge in [0, 0.05) is 44.8 Å². The molecule has 1 aromatic heterocycles. The first-order valence-corrected chi connectivity index (χ1v) is 9.18.